The van der Waals surface area contributed by atoms with Crippen LogP contribution >= 0.6 is 0 Å². The minimum Gasteiger partial charge on any atom is -0.379 e. The van der Waals surface area contributed by atoms with Gasteiger partial charge in [0.15, 0.2) is 0 Å². The van der Waals surface area contributed by atoms with Gasteiger partial charge < -0.3 is 10.1 Å². The van der Waals surface area contributed by atoms with E-state index in [-0.39, 0.29) is 17.8 Å². The van der Waals surface area contributed by atoms with Crippen molar-refractivity contribution >= 4 is 5.91 Å². The molecule has 5 nitrogen and oxygen atoms in total. The van der Waals surface area contributed by atoms with E-state index in [9.17, 15) is 9.18 Å². The lowest BCUT2D eigenvalue weighted by Gasteiger charge is -2.28. The molecule has 0 spiro atoms. The Labute approximate surface area is 190 Å². The summed E-state index contributed by atoms with van der Waals surface area (Å²) in [5.74, 6) is 0.378. The van der Waals surface area contributed by atoms with Crippen LogP contribution in [0.4, 0.5) is 4.39 Å². The van der Waals surface area contributed by atoms with Crippen LogP contribution in [0, 0.1) is 11.7 Å². The molecule has 1 aromatic heterocycles. The van der Waals surface area contributed by atoms with Crippen molar-refractivity contribution in [2.45, 2.75) is 58.0 Å². The maximum Gasteiger partial charge on any atom is 0.224 e. The average molecular weight is 440 g/mol. The molecular formula is C26H34FN3O2. The molecule has 0 radical (unpaired) electrons. The van der Waals surface area contributed by atoms with Gasteiger partial charge in [0.25, 0.3) is 0 Å². The number of hydrogen-bond donors (Lipinski definition) is 1. The Kier molecular flexibility index (Phi) is 7.87. The lowest BCUT2D eigenvalue weighted by molar-refractivity contribution is -0.121. The van der Waals surface area contributed by atoms with Gasteiger partial charge in [0.1, 0.15) is 5.82 Å². The molecule has 6 heteroatoms. The molecule has 1 aliphatic heterocycles. The van der Waals surface area contributed by atoms with E-state index in [1.165, 1.54) is 38.2 Å². The molecule has 2 fully saturated rings. The Morgan fingerprint density at radius 1 is 1.19 bits per heavy atom. The molecule has 32 heavy (non-hydrogen) atoms. The fourth-order valence-electron chi connectivity index (χ4n) is 4.80. The smallest absolute Gasteiger partial charge is 0.224 e. The summed E-state index contributed by atoms with van der Waals surface area (Å²) in [5, 5.41) is 3.17. The second-order valence-electron chi connectivity index (χ2n) is 9.17. The zero-order valence-electron chi connectivity index (χ0n) is 19.0. The Bertz CT molecular complexity index is 890. The average Bonchev–Trinajstić information content (AvgIpc) is 2.81. The third-order valence-electron chi connectivity index (χ3n) is 6.77. The summed E-state index contributed by atoms with van der Waals surface area (Å²) in [6, 6.07) is 9.30. The monoisotopic (exact) mass is 439 g/mol. The van der Waals surface area contributed by atoms with E-state index in [2.05, 4.69) is 22.1 Å². The van der Waals surface area contributed by atoms with Gasteiger partial charge in [-0.2, -0.15) is 0 Å². The number of benzene rings is 1. The summed E-state index contributed by atoms with van der Waals surface area (Å²) in [6.45, 7) is 5.87. The van der Waals surface area contributed by atoms with Crippen LogP contribution in [0.1, 0.15) is 50.3 Å². The number of aromatic nitrogens is 1. The molecule has 4 rings (SSSR count). The van der Waals surface area contributed by atoms with Gasteiger partial charge in [-0.15, -0.1) is 0 Å². The Hall–Kier alpha value is -2.31. The van der Waals surface area contributed by atoms with Gasteiger partial charge in [0.2, 0.25) is 5.91 Å². The number of carbonyl (C=O) groups excluding carboxylic acids is 1. The fraction of sp³-hybridized carbons (Fsp3) is 0.538. The number of pyridine rings is 1. The van der Waals surface area contributed by atoms with Gasteiger partial charge in [0, 0.05) is 37.4 Å². The van der Waals surface area contributed by atoms with Crippen molar-refractivity contribution in [2.75, 3.05) is 26.3 Å². The van der Waals surface area contributed by atoms with Gasteiger partial charge in [0.05, 0.1) is 25.3 Å². The molecule has 1 aliphatic carbocycles. The molecule has 1 atom stereocenters. The fourth-order valence-corrected chi connectivity index (χ4v) is 4.80. The van der Waals surface area contributed by atoms with Crippen LogP contribution in [0.25, 0.3) is 11.1 Å². The molecule has 172 valence electrons. The summed E-state index contributed by atoms with van der Waals surface area (Å²) < 4.78 is 20.1. The minimum atomic E-state index is -0.268. The van der Waals surface area contributed by atoms with Gasteiger partial charge in [-0.3, -0.25) is 14.7 Å². The van der Waals surface area contributed by atoms with Gasteiger partial charge >= 0.3 is 0 Å². The molecule has 1 amide bonds. The molecule has 2 heterocycles. The number of amides is 1. The number of nitrogens with one attached hydrogen (secondary N) is 1. The third-order valence-corrected chi connectivity index (χ3v) is 6.77. The van der Waals surface area contributed by atoms with Crippen LogP contribution in [-0.2, 0) is 22.5 Å². The highest BCUT2D eigenvalue weighted by molar-refractivity contribution is 5.79. The summed E-state index contributed by atoms with van der Waals surface area (Å²) in [4.78, 5) is 19.2. The van der Waals surface area contributed by atoms with E-state index < -0.39 is 0 Å². The standard InChI is InChI=1S/C26H34FN3O2/c1-19(21-5-3-2-4-6-21)29-26(31)15-20-7-9-22(10-8-20)24-17-28-23(16-25(24)27)18-30-11-13-32-14-12-30/h7-10,16-17,19,21H,2-6,11-15,18H2,1H3,(H,29,31)/t19-/m1/s1. The van der Waals surface area contributed by atoms with Crippen LogP contribution in [-0.4, -0.2) is 48.1 Å². The normalized spacial score (nSPS) is 18.9. The molecule has 2 aliphatic rings. The summed E-state index contributed by atoms with van der Waals surface area (Å²) in [7, 11) is 0. The minimum absolute atomic E-state index is 0.0520. The quantitative estimate of drug-likeness (QED) is 0.697. The van der Waals surface area contributed by atoms with E-state index in [1.54, 1.807) is 6.20 Å². The molecule has 0 unspecified atom stereocenters. The SMILES string of the molecule is C[C@@H](NC(=O)Cc1ccc(-c2cnc(CN3CCOCC3)cc2F)cc1)C1CCCCC1. The number of nitrogens with zero attached hydrogens (tertiary/aromatic N) is 2. The topological polar surface area (TPSA) is 54.5 Å². The molecule has 1 saturated heterocycles. The Morgan fingerprint density at radius 2 is 1.91 bits per heavy atom. The van der Waals surface area contributed by atoms with E-state index in [4.69, 9.17) is 4.74 Å². The van der Waals surface area contributed by atoms with E-state index in [0.29, 0.717) is 37.7 Å². The molecule has 0 bridgehead atoms. The Morgan fingerprint density at radius 3 is 2.59 bits per heavy atom. The Balaban J connectivity index is 1.33. The summed E-state index contributed by atoms with van der Waals surface area (Å²) in [6.07, 6.45) is 8.23. The van der Waals surface area contributed by atoms with Crippen molar-refractivity contribution in [1.29, 1.82) is 0 Å². The highest BCUT2D eigenvalue weighted by Crippen LogP contribution is 2.27. The highest BCUT2D eigenvalue weighted by Gasteiger charge is 2.21. The number of carbonyl (C=O) groups is 1. The van der Waals surface area contributed by atoms with Gasteiger partial charge in [-0.05, 0) is 42.9 Å². The van der Waals surface area contributed by atoms with Crippen molar-refractivity contribution < 1.29 is 13.9 Å². The van der Waals surface area contributed by atoms with E-state index in [1.807, 2.05) is 24.3 Å². The van der Waals surface area contributed by atoms with Crippen molar-refractivity contribution in [3.05, 3.63) is 53.6 Å². The first-order valence-corrected chi connectivity index (χ1v) is 11.9. The van der Waals surface area contributed by atoms with Crippen molar-refractivity contribution in [1.82, 2.24) is 15.2 Å². The molecule has 1 N–H and O–H groups in total. The zero-order chi connectivity index (χ0) is 22.3. The van der Waals surface area contributed by atoms with Crippen LogP contribution in [0.2, 0.25) is 0 Å². The predicted octanol–water partition coefficient (Wildman–Crippen LogP) is 4.35. The number of morpholine rings is 1. The maximum absolute atomic E-state index is 14.8. The van der Waals surface area contributed by atoms with Crippen LogP contribution in [0.15, 0.2) is 36.5 Å². The number of rotatable bonds is 7. The molecule has 2 aromatic rings. The zero-order valence-corrected chi connectivity index (χ0v) is 19.0. The van der Waals surface area contributed by atoms with Crippen LogP contribution in [0.5, 0.6) is 0 Å². The van der Waals surface area contributed by atoms with Crippen LogP contribution in [0.3, 0.4) is 0 Å². The third kappa shape index (κ3) is 6.14. The van der Waals surface area contributed by atoms with E-state index >= 15 is 0 Å². The number of halogens is 1. The molecule has 1 aromatic carbocycles. The number of hydrogen-bond acceptors (Lipinski definition) is 4. The van der Waals surface area contributed by atoms with Crippen molar-refractivity contribution in [3.63, 3.8) is 0 Å². The first-order chi connectivity index (χ1) is 15.6. The summed E-state index contributed by atoms with van der Waals surface area (Å²) in [5.41, 5.74) is 2.92. The van der Waals surface area contributed by atoms with Crippen molar-refractivity contribution in [3.8, 4) is 11.1 Å². The van der Waals surface area contributed by atoms with Crippen LogP contribution < -0.4 is 5.32 Å². The second kappa shape index (κ2) is 11.0. The second-order valence-corrected chi connectivity index (χ2v) is 9.17. The first kappa shape index (κ1) is 22.9. The lowest BCUT2D eigenvalue weighted by Crippen LogP contribution is -2.39. The van der Waals surface area contributed by atoms with Gasteiger partial charge in [-0.1, -0.05) is 43.5 Å². The maximum atomic E-state index is 14.8. The van der Waals surface area contributed by atoms with E-state index in [0.717, 1.165) is 29.9 Å². The predicted molar refractivity (Wildman–Crippen MR) is 124 cm³/mol. The molecular weight excluding hydrogens is 405 g/mol. The van der Waals surface area contributed by atoms with Crippen molar-refractivity contribution in [2.24, 2.45) is 5.92 Å². The first-order valence-electron chi connectivity index (χ1n) is 11.9. The van der Waals surface area contributed by atoms with Gasteiger partial charge in [-0.25, -0.2) is 4.39 Å². The summed E-state index contributed by atoms with van der Waals surface area (Å²) >= 11 is 0. The largest absolute Gasteiger partial charge is 0.379 e. The lowest BCUT2D eigenvalue weighted by atomic mass is 9.84. The molecule has 1 saturated carbocycles. The number of ether oxygens (including phenoxy) is 1. The highest BCUT2D eigenvalue weighted by atomic mass is 19.1.